The lowest BCUT2D eigenvalue weighted by Gasteiger charge is -2.22. The van der Waals surface area contributed by atoms with Crippen LogP contribution in [0.3, 0.4) is 0 Å². The molecule has 0 radical (unpaired) electrons. The van der Waals surface area contributed by atoms with E-state index in [1.165, 1.54) is 48.8 Å². The van der Waals surface area contributed by atoms with Gasteiger partial charge in [0.1, 0.15) is 5.75 Å². The maximum Gasteiger partial charge on any atom is 0.139 e. The predicted octanol–water partition coefficient (Wildman–Crippen LogP) is 9.24. The zero-order chi connectivity index (χ0) is 22.9. The summed E-state index contributed by atoms with van der Waals surface area (Å²) in [7, 11) is 1.60. The van der Waals surface area contributed by atoms with E-state index in [9.17, 15) is 0 Å². The molecule has 0 aliphatic heterocycles. The Morgan fingerprint density at radius 2 is 1.42 bits per heavy atom. The van der Waals surface area contributed by atoms with E-state index in [4.69, 9.17) is 32.9 Å². The summed E-state index contributed by atoms with van der Waals surface area (Å²) >= 11 is 13.2. The SMILES string of the molecule is COc1cc2nc(C)c(-c3ccc(-c4ccc(C5CCCCC5)cc4)cc3)c(Cl)c2cc1Cl. The molecule has 0 amide bonds. The van der Waals surface area contributed by atoms with E-state index in [2.05, 4.69) is 48.5 Å². The number of fused-ring (bicyclic) bond motifs is 1. The quantitative estimate of drug-likeness (QED) is 0.293. The van der Waals surface area contributed by atoms with Crippen LogP contribution in [0, 0.1) is 6.92 Å². The number of halogens is 2. The van der Waals surface area contributed by atoms with E-state index in [0.29, 0.717) is 15.8 Å². The van der Waals surface area contributed by atoms with Gasteiger partial charge in [0.25, 0.3) is 0 Å². The van der Waals surface area contributed by atoms with Gasteiger partial charge in [-0.1, -0.05) is 91.0 Å². The maximum absolute atomic E-state index is 6.86. The number of methoxy groups -OCH3 is 1. The fourth-order valence-electron chi connectivity index (χ4n) is 5.05. The summed E-state index contributed by atoms with van der Waals surface area (Å²) < 4.78 is 5.33. The van der Waals surface area contributed by atoms with Gasteiger partial charge in [0.05, 0.1) is 22.7 Å². The molecule has 1 heterocycles. The van der Waals surface area contributed by atoms with Crippen molar-refractivity contribution in [2.45, 2.75) is 44.9 Å². The molecule has 168 valence electrons. The van der Waals surface area contributed by atoms with Crippen LogP contribution in [-0.2, 0) is 0 Å². The van der Waals surface area contributed by atoms with Crippen molar-refractivity contribution in [3.8, 4) is 28.0 Å². The Kier molecular flexibility index (Phi) is 6.32. The second-order valence-electron chi connectivity index (χ2n) is 8.92. The van der Waals surface area contributed by atoms with Crippen LogP contribution >= 0.6 is 23.2 Å². The first-order valence-corrected chi connectivity index (χ1v) is 12.3. The van der Waals surface area contributed by atoms with E-state index < -0.39 is 0 Å². The minimum atomic E-state index is 0.524. The molecule has 0 bridgehead atoms. The topological polar surface area (TPSA) is 22.1 Å². The third kappa shape index (κ3) is 4.35. The largest absolute Gasteiger partial charge is 0.495 e. The van der Waals surface area contributed by atoms with Crippen molar-refractivity contribution in [3.63, 3.8) is 0 Å². The van der Waals surface area contributed by atoms with Crippen molar-refractivity contribution in [1.29, 1.82) is 0 Å². The Bertz CT molecular complexity index is 1290. The molecule has 4 aromatic rings. The molecule has 0 spiro atoms. The Labute approximate surface area is 205 Å². The first-order chi connectivity index (χ1) is 16.0. The molecule has 33 heavy (non-hydrogen) atoms. The fraction of sp³-hybridized carbons (Fsp3) is 0.276. The predicted molar refractivity (Wildman–Crippen MR) is 140 cm³/mol. The zero-order valence-electron chi connectivity index (χ0n) is 19.0. The minimum Gasteiger partial charge on any atom is -0.495 e. The molecule has 0 N–H and O–H groups in total. The van der Waals surface area contributed by atoms with Crippen LogP contribution in [0.2, 0.25) is 10.0 Å². The van der Waals surface area contributed by atoms with E-state index in [1.807, 2.05) is 19.1 Å². The Morgan fingerprint density at radius 3 is 2.06 bits per heavy atom. The number of pyridine rings is 1. The second-order valence-corrected chi connectivity index (χ2v) is 9.71. The lowest BCUT2D eigenvalue weighted by Crippen LogP contribution is -2.04. The Balaban J connectivity index is 1.46. The summed E-state index contributed by atoms with van der Waals surface area (Å²) in [5.74, 6) is 1.33. The number of hydrogen-bond acceptors (Lipinski definition) is 2. The molecule has 0 saturated heterocycles. The molecule has 1 aliphatic carbocycles. The maximum atomic E-state index is 6.86. The van der Waals surface area contributed by atoms with E-state index >= 15 is 0 Å². The molecule has 5 rings (SSSR count). The molecule has 4 heteroatoms. The van der Waals surface area contributed by atoms with Crippen molar-refractivity contribution in [2.24, 2.45) is 0 Å². The lowest BCUT2D eigenvalue weighted by molar-refractivity contribution is 0.415. The van der Waals surface area contributed by atoms with Crippen LogP contribution in [-0.4, -0.2) is 12.1 Å². The fourth-order valence-corrected chi connectivity index (χ4v) is 5.68. The lowest BCUT2D eigenvalue weighted by atomic mass is 9.83. The van der Waals surface area contributed by atoms with Gasteiger partial charge in [0.2, 0.25) is 0 Å². The number of aryl methyl sites for hydroxylation is 1. The second kappa shape index (κ2) is 9.37. The summed E-state index contributed by atoms with van der Waals surface area (Å²) in [4.78, 5) is 4.77. The molecule has 1 aromatic heterocycles. The molecule has 2 nitrogen and oxygen atoms in total. The van der Waals surface area contributed by atoms with Crippen LogP contribution in [0.4, 0.5) is 0 Å². The van der Waals surface area contributed by atoms with Crippen LogP contribution in [0.1, 0.15) is 49.3 Å². The van der Waals surface area contributed by atoms with Gasteiger partial charge in [-0.3, -0.25) is 4.98 Å². The van der Waals surface area contributed by atoms with E-state index in [-0.39, 0.29) is 0 Å². The molecule has 3 aromatic carbocycles. The van der Waals surface area contributed by atoms with Gasteiger partial charge in [-0.05, 0) is 54.0 Å². The zero-order valence-corrected chi connectivity index (χ0v) is 20.5. The number of benzene rings is 3. The van der Waals surface area contributed by atoms with E-state index in [1.54, 1.807) is 7.11 Å². The summed E-state index contributed by atoms with van der Waals surface area (Å²) in [5, 5.41) is 2.01. The molecule has 1 saturated carbocycles. The van der Waals surface area contributed by atoms with Gasteiger partial charge in [0, 0.05) is 22.7 Å². The van der Waals surface area contributed by atoms with Gasteiger partial charge < -0.3 is 4.74 Å². The number of hydrogen-bond donors (Lipinski definition) is 0. The average molecular weight is 476 g/mol. The van der Waals surface area contributed by atoms with Crippen LogP contribution in [0.15, 0.2) is 60.7 Å². The van der Waals surface area contributed by atoms with Gasteiger partial charge in [-0.2, -0.15) is 0 Å². The smallest absolute Gasteiger partial charge is 0.139 e. The minimum absolute atomic E-state index is 0.524. The molecule has 1 fully saturated rings. The highest BCUT2D eigenvalue weighted by Gasteiger charge is 2.17. The average Bonchev–Trinajstić information content (AvgIpc) is 2.85. The standard InChI is InChI=1S/C29H27Cl2NO/c1-18-28(29(31)24-16-25(30)27(33-2)17-26(24)32-18)23-14-12-22(13-15-23)21-10-8-20(9-11-21)19-6-4-3-5-7-19/h8-17,19H,3-7H2,1-2H3. The van der Waals surface area contributed by atoms with Crippen LogP contribution in [0.25, 0.3) is 33.2 Å². The first kappa shape index (κ1) is 22.3. The number of nitrogens with zero attached hydrogens (tertiary/aromatic N) is 1. The van der Waals surface area contributed by atoms with Crippen molar-refractivity contribution in [2.75, 3.05) is 7.11 Å². The molecule has 0 atom stereocenters. The van der Waals surface area contributed by atoms with Crippen molar-refractivity contribution in [3.05, 3.63) is 82.0 Å². The molecular weight excluding hydrogens is 449 g/mol. The summed E-state index contributed by atoms with van der Waals surface area (Å²) in [6.07, 6.45) is 6.76. The highest BCUT2D eigenvalue weighted by molar-refractivity contribution is 6.39. The monoisotopic (exact) mass is 475 g/mol. The first-order valence-electron chi connectivity index (χ1n) is 11.6. The highest BCUT2D eigenvalue weighted by atomic mass is 35.5. The molecule has 1 aliphatic rings. The Hall–Kier alpha value is -2.55. The molecular formula is C29H27Cl2NO. The number of rotatable bonds is 4. The highest BCUT2D eigenvalue weighted by Crippen LogP contribution is 2.40. The van der Waals surface area contributed by atoms with Crippen molar-refractivity contribution < 1.29 is 4.74 Å². The van der Waals surface area contributed by atoms with Gasteiger partial charge in [-0.25, -0.2) is 0 Å². The summed E-state index contributed by atoms with van der Waals surface area (Å²) in [6, 6.07) is 21.4. The normalized spacial score (nSPS) is 14.5. The Morgan fingerprint density at radius 1 is 0.818 bits per heavy atom. The van der Waals surface area contributed by atoms with Crippen molar-refractivity contribution in [1.82, 2.24) is 4.98 Å². The molecule has 0 unspecified atom stereocenters. The third-order valence-corrected chi connectivity index (χ3v) is 7.56. The third-order valence-electron chi connectivity index (χ3n) is 6.87. The van der Waals surface area contributed by atoms with Crippen LogP contribution < -0.4 is 4.74 Å². The van der Waals surface area contributed by atoms with Crippen LogP contribution in [0.5, 0.6) is 5.75 Å². The number of ether oxygens (including phenoxy) is 1. The number of aromatic nitrogens is 1. The summed E-state index contributed by atoms with van der Waals surface area (Å²) in [5.41, 5.74) is 7.54. The van der Waals surface area contributed by atoms with E-state index in [0.717, 1.165) is 33.6 Å². The summed E-state index contributed by atoms with van der Waals surface area (Å²) in [6.45, 7) is 1.99. The van der Waals surface area contributed by atoms with Gasteiger partial charge >= 0.3 is 0 Å². The van der Waals surface area contributed by atoms with Gasteiger partial charge in [0.15, 0.2) is 0 Å². The van der Waals surface area contributed by atoms with Gasteiger partial charge in [-0.15, -0.1) is 0 Å². The van der Waals surface area contributed by atoms with Crippen molar-refractivity contribution >= 4 is 34.1 Å².